The first-order chi connectivity index (χ1) is 6.24. The van der Waals surface area contributed by atoms with E-state index in [1.54, 1.807) is 0 Å². The summed E-state index contributed by atoms with van der Waals surface area (Å²) in [4.78, 5) is -0.458. The van der Waals surface area contributed by atoms with Gasteiger partial charge in [-0.2, -0.15) is 0 Å². The van der Waals surface area contributed by atoms with Crippen molar-refractivity contribution in [1.29, 1.82) is 0 Å². The summed E-state index contributed by atoms with van der Waals surface area (Å²) in [7, 11) is 0. The number of halogens is 2. The summed E-state index contributed by atoms with van der Waals surface area (Å²) in [5.74, 6) is 0.861. The summed E-state index contributed by atoms with van der Waals surface area (Å²) < 4.78 is 5.40. The van der Waals surface area contributed by atoms with Gasteiger partial charge in [-0.25, -0.2) is 0 Å². The van der Waals surface area contributed by atoms with Crippen LogP contribution >= 0.6 is 23.2 Å². The maximum absolute atomic E-state index is 5.68. The molecule has 1 rings (SSSR count). The molecule has 0 aromatic heterocycles. The van der Waals surface area contributed by atoms with E-state index in [2.05, 4.69) is 6.92 Å². The molecule has 0 aliphatic carbocycles. The first-order valence-corrected chi connectivity index (χ1v) is 5.12. The van der Waals surface area contributed by atoms with Gasteiger partial charge >= 0.3 is 0 Å². The molecule has 0 bridgehead atoms. The Kier molecular flexibility index (Phi) is 4.40. The van der Waals surface area contributed by atoms with Crippen LogP contribution in [0.4, 0.5) is 0 Å². The van der Waals surface area contributed by atoms with E-state index in [-0.39, 0.29) is 0 Å². The molecule has 1 aromatic carbocycles. The molecule has 0 fully saturated rings. The molecule has 72 valence electrons. The lowest BCUT2D eigenvalue weighted by Gasteiger charge is -2.05. The molecule has 0 spiro atoms. The molecule has 0 saturated heterocycles. The fraction of sp³-hybridized carbons (Fsp3) is 0.400. The van der Waals surface area contributed by atoms with Crippen LogP contribution in [0.2, 0.25) is 0 Å². The smallest absolute Gasteiger partial charge is 0.132 e. The lowest BCUT2D eigenvalue weighted by Crippen LogP contribution is -1.94. The zero-order valence-electron chi connectivity index (χ0n) is 7.47. The predicted molar refractivity (Wildman–Crippen MR) is 56.7 cm³/mol. The second-order valence-corrected chi connectivity index (χ2v) is 3.81. The highest BCUT2D eigenvalue weighted by Gasteiger charge is 2.02. The second kappa shape index (κ2) is 5.36. The zero-order valence-corrected chi connectivity index (χ0v) is 8.98. The minimum absolute atomic E-state index is 0.458. The van der Waals surface area contributed by atoms with Crippen LogP contribution in [0.1, 0.15) is 23.7 Å². The fourth-order valence-corrected chi connectivity index (χ4v) is 1.22. The number of hydrogen-bond donors (Lipinski definition) is 0. The van der Waals surface area contributed by atoms with Crippen molar-refractivity contribution in [2.24, 2.45) is 0 Å². The SMILES string of the molecule is CCCOc1ccc(C(Cl)Cl)cc1. The van der Waals surface area contributed by atoms with Gasteiger partial charge in [0.25, 0.3) is 0 Å². The molecule has 13 heavy (non-hydrogen) atoms. The van der Waals surface area contributed by atoms with Crippen LogP contribution in [0.3, 0.4) is 0 Å². The second-order valence-electron chi connectivity index (χ2n) is 2.72. The summed E-state index contributed by atoms with van der Waals surface area (Å²) in [6.45, 7) is 2.81. The van der Waals surface area contributed by atoms with E-state index in [1.165, 1.54) is 0 Å². The van der Waals surface area contributed by atoms with Crippen molar-refractivity contribution in [1.82, 2.24) is 0 Å². The lowest BCUT2D eigenvalue weighted by molar-refractivity contribution is 0.317. The van der Waals surface area contributed by atoms with Crippen LogP contribution in [0, 0.1) is 0 Å². The van der Waals surface area contributed by atoms with E-state index < -0.39 is 4.84 Å². The maximum atomic E-state index is 5.68. The zero-order chi connectivity index (χ0) is 9.68. The van der Waals surface area contributed by atoms with Crippen LogP contribution in [0.25, 0.3) is 0 Å². The van der Waals surface area contributed by atoms with Gasteiger partial charge in [-0.1, -0.05) is 19.1 Å². The van der Waals surface area contributed by atoms with Crippen molar-refractivity contribution < 1.29 is 4.74 Å². The van der Waals surface area contributed by atoms with Crippen LogP contribution in [0.15, 0.2) is 24.3 Å². The highest BCUT2D eigenvalue weighted by molar-refractivity contribution is 6.44. The molecule has 0 N–H and O–H groups in total. The number of ether oxygens (including phenoxy) is 1. The third-order valence-corrected chi connectivity index (χ3v) is 2.11. The highest BCUT2D eigenvalue weighted by Crippen LogP contribution is 2.26. The third-order valence-electron chi connectivity index (χ3n) is 1.60. The lowest BCUT2D eigenvalue weighted by atomic mass is 10.2. The van der Waals surface area contributed by atoms with Crippen molar-refractivity contribution in [2.45, 2.75) is 18.2 Å². The molecule has 1 nitrogen and oxygen atoms in total. The molecule has 0 unspecified atom stereocenters. The molecule has 0 amide bonds. The number of rotatable bonds is 4. The molecule has 3 heteroatoms. The number of alkyl halides is 2. The van der Waals surface area contributed by atoms with E-state index in [9.17, 15) is 0 Å². The Hall–Kier alpha value is -0.400. The Morgan fingerprint density at radius 2 is 1.85 bits per heavy atom. The normalized spacial score (nSPS) is 10.5. The first-order valence-electron chi connectivity index (χ1n) is 4.25. The topological polar surface area (TPSA) is 9.23 Å². The van der Waals surface area contributed by atoms with Crippen molar-refractivity contribution in [3.8, 4) is 5.75 Å². The molecular weight excluding hydrogens is 207 g/mol. The van der Waals surface area contributed by atoms with Crippen LogP contribution < -0.4 is 4.74 Å². The maximum Gasteiger partial charge on any atom is 0.132 e. The van der Waals surface area contributed by atoms with Crippen LogP contribution in [-0.4, -0.2) is 6.61 Å². The molecule has 0 aliphatic rings. The molecule has 1 aromatic rings. The number of hydrogen-bond acceptors (Lipinski definition) is 1. The molecule has 0 saturated carbocycles. The summed E-state index contributed by atoms with van der Waals surface area (Å²) in [6.07, 6.45) is 1.01. The van der Waals surface area contributed by atoms with E-state index in [0.29, 0.717) is 0 Å². The standard InChI is InChI=1S/C10H12Cl2O/c1-2-7-13-9-5-3-8(4-6-9)10(11)12/h3-6,10H,2,7H2,1H3. The molecular formula is C10H12Cl2O. The summed E-state index contributed by atoms with van der Waals surface area (Å²) >= 11 is 11.4. The van der Waals surface area contributed by atoms with Gasteiger partial charge in [0, 0.05) is 0 Å². The Morgan fingerprint density at radius 1 is 1.23 bits per heavy atom. The minimum Gasteiger partial charge on any atom is -0.494 e. The van der Waals surface area contributed by atoms with Crippen molar-refractivity contribution in [3.05, 3.63) is 29.8 Å². The minimum atomic E-state index is -0.458. The quantitative estimate of drug-likeness (QED) is 0.696. The number of benzene rings is 1. The van der Waals surface area contributed by atoms with Gasteiger partial charge in [0.1, 0.15) is 10.6 Å². The van der Waals surface area contributed by atoms with Gasteiger partial charge in [0.2, 0.25) is 0 Å². The van der Waals surface area contributed by atoms with E-state index in [1.807, 2.05) is 24.3 Å². The van der Waals surface area contributed by atoms with Gasteiger partial charge in [-0.05, 0) is 24.1 Å². The van der Waals surface area contributed by atoms with Crippen molar-refractivity contribution in [3.63, 3.8) is 0 Å². The average Bonchev–Trinajstić information content (AvgIpc) is 2.15. The van der Waals surface area contributed by atoms with Gasteiger partial charge in [-0.15, -0.1) is 23.2 Å². The van der Waals surface area contributed by atoms with E-state index >= 15 is 0 Å². The summed E-state index contributed by atoms with van der Waals surface area (Å²) in [5, 5.41) is 0. The monoisotopic (exact) mass is 218 g/mol. The van der Waals surface area contributed by atoms with E-state index in [4.69, 9.17) is 27.9 Å². The Morgan fingerprint density at radius 3 is 2.31 bits per heavy atom. The molecule has 0 radical (unpaired) electrons. The average molecular weight is 219 g/mol. The summed E-state index contributed by atoms with van der Waals surface area (Å²) in [5.41, 5.74) is 0.896. The first kappa shape index (κ1) is 10.7. The largest absolute Gasteiger partial charge is 0.494 e. The predicted octanol–water partition coefficient (Wildman–Crippen LogP) is 3.95. The fourth-order valence-electron chi connectivity index (χ4n) is 0.929. The van der Waals surface area contributed by atoms with Crippen molar-refractivity contribution in [2.75, 3.05) is 6.61 Å². The summed E-state index contributed by atoms with van der Waals surface area (Å²) in [6, 6.07) is 7.50. The third kappa shape index (κ3) is 3.45. The Bertz CT molecular complexity index is 244. The highest BCUT2D eigenvalue weighted by atomic mass is 35.5. The molecule has 0 atom stereocenters. The van der Waals surface area contributed by atoms with Gasteiger partial charge < -0.3 is 4.74 Å². The van der Waals surface area contributed by atoms with Crippen molar-refractivity contribution >= 4 is 23.2 Å². The van der Waals surface area contributed by atoms with Crippen LogP contribution in [0.5, 0.6) is 5.75 Å². The van der Waals surface area contributed by atoms with Gasteiger partial charge in [0.15, 0.2) is 0 Å². The van der Waals surface area contributed by atoms with Gasteiger partial charge in [-0.3, -0.25) is 0 Å². The Labute approximate surface area is 88.6 Å². The van der Waals surface area contributed by atoms with Gasteiger partial charge in [0.05, 0.1) is 6.61 Å². The molecule has 0 aliphatic heterocycles. The van der Waals surface area contributed by atoms with Crippen LogP contribution in [-0.2, 0) is 0 Å². The van der Waals surface area contributed by atoms with E-state index in [0.717, 1.165) is 24.3 Å². The molecule has 0 heterocycles. The Balaban J connectivity index is 2.59.